The molecule has 0 saturated heterocycles. The largest absolute Gasteiger partial charge is 0.494 e. The van der Waals surface area contributed by atoms with Gasteiger partial charge < -0.3 is 23.7 Å². The maximum absolute atomic E-state index is 13.1. The van der Waals surface area contributed by atoms with Gasteiger partial charge in [0.1, 0.15) is 35.2 Å². The Morgan fingerprint density at radius 2 is 1.22 bits per heavy atom. The van der Waals surface area contributed by atoms with E-state index in [4.69, 9.17) is 23.7 Å². The number of carbonyl (C=O) groups is 2. The lowest BCUT2D eigenvalue weighted by atomic mass is 10.1. The summed E-state index contributed by atoms with van der Waals surface area (Å²) in [4.78, 5) is 25.9. The van der Waals surface area contributed by atoms with E-state index in [0.29, 0.717) is 36.9 Å². The highest BCUT2D eigenvalue weighted by Gasteiger charge is 2.18. The molecule has 0 unspecified atom stereocenters. The number of hydrogen-bond acceptors (Lipinski definition) is 7. The van der Waals surface area contributed by atoms with E-state index in [9.17, 15) is 9.59 Å². The molecule has 242 valence electrons. The lowest BCUT2D eigenvalue weighted by Crippen LogP contribution is -2.12. The van der Waals surface area contributed by atoms with Crippen LogP contribution in [-0.2, 0) is 11.3 Å². The molecule has 0 N–H and O–H groups in total. The third kappa shape index (κ3) is 13.1. The van der Waals surface area contributed by atoms with Crippen LogP contribution >= 0.6 is 0 Å². The first kappa shape index (κ1) is 35.2. The van der Waals surface area contributed by atoms with Crippen molar-refractivity contribution in [2.75, 3.05) is 19.8 Å². The summed E-state index contributed by atoms with van der Waals surface area (Å²) in [6, 6.07) is 19.0. The molecule has 0 atom stereocenters. The van der Waals surface area contributed by atoms with Crippen molar-refractivity contribution in [3.63, 3.8) is 0 Å². The van der Waals surface area contributed by atoms with E-state index in [-0.39, 0.29) is 17.9 Å². The van der Waals surface area contributed by atoms with Crippen molar-refractivity contribution in [3.8, 4) is 23.0 Å². The van der Waals surface area contributed by atoms with Gasteiger partial charge in [-0.2, -0.15) is 0 Å². The number of esters is 2. The van der Waals surface area contributed by atoms with E-state index in [1.807, 2.05) is 44.2 Å². The monoisotopic (exact) mass is 616 g/mol. The molecule has 3 rings (SSSR count). The van der Waals surface area contributed by atoms with Gasteiger partial charge in [0, 0.05) is 0 Å². The van der Waals surface area contributed by atoms with Crippen LogP contribution in [0.15, 0.2) is 79.4 Å². The van der Waals surface area contributed by atoms with Gasteiger partial charge in [0.2, 0.25) is 0 Å². The van der Waals surface area contributed by atoms with Crippen LogP contribution in [0.3, 0.4) is 0 Å². The fourth-order valence-electron chi connectivity index (χ4n) is 4.52. The molecule has 0 bridgehead atoms. The number of unbranched alkanes of at least 4 members (excludes halogenated alkanes) is 7. The van der Waals surface area contributed by atoms with Gasteiger partial charge in [-0.3, -0.25) is 0 Å². The number of carbonyl (C=O) groups excluding carboxylic acids is 2. The number of hydrogen-bond donors (Lipinski definition) is 0. The summed E-state index contributed by atoms with van der Waals surface area (Å²) in [5.74, 6) is 0.947. The Bertz CT molecular complexity index is 1300. The van der Waals surface area contributed by atoms with Gasteiger partial charge in [0.05, 0.1) is 25.4 Å². The Balaban J connectivity index is 1.49. The molecule has 0 aliphatic carbocycles. The standard InChI is InChI=1S/C38H48O7/c1-4-7-8-9-10-11-12-13-14-27-42-32-19-15-30(16-20-32)29-44-38(40)35-28-34(23-24-36(35)43-26-6-3)45-37(39)31-17-21-33(22-18-31)41-25-5-2/h4,15-24,28H,1,5-14,25-27,29H2,2-3H3. The lowest BCUT2D eigenvalue weighted by Gasteiger charge is -2.13. The zero-order chi connectivity index (χ0) is 32.1. The molecule has 3 aromatic carbocycles. The molecule has 0 aromatic heterocycles. The van der Waals surface area contributed by atoms with E-state index in [2.05, 4.69) is 6.58 Å². The molecular formula is C38H48O7. The maximum Gasteiger partial charge on any atom is 0.343 e. The van der Waals surface area contributed by atoms with Crippen LogP contribution in [0.1, 0.15) is 104 Å². The van der Waals surface area contributed by atoms with E-state index in [0.717, 1.165) is 37.0 Å². The van der Waals surface area contributed by atoms with Crippen molar-refractivity contribution in [1.82, 2.24) is 0 Å². The van der Waals surface area contributed by atoms with Gasteiger partial charge in [-0.1, -0.05) is 64.2 Å². The van der Waals surface area contributed by atoms with Crippen molar-refractivity contribution in [2.45, 2.75) is 84.7 Å². The molecule has 0 heterocycles. The Morgan fingerprint density at radius 3 is 1.89 bits per heavy atom. The molecule has 45 heavy (non-hydrogen) atoms. The van der Waals surface area contributed by atoms with Gasteiger partial charge in [0.15, 0.2) is 0 Å². The molecule has 0 radical (unpaired) electrons. The predicted octanol–water partition coefficient (Wildman–Crippen LogP) is 9.53. The first-order valence-corrected chi connectivity index (χ1v) is 16.3. The molecular weight excluding hydrogens is 568 g/mol. The van der Waals surface area contributed by atoms with Gasteiger partial charge >= 0.3 is 11.9 Å². The third-order valence-corrected chi connectivity index (χ3v) is 7.02. The topological polar surface area (TPSA) is 80.3 Å². The van der Waals surface area contributed by atoms with E-state index in [1.54, 1.807) is 36.4 Å². The van der Waals surface area contributed by atoms with Crippen LogP contribution in [0.25, 0.3) is 0 Å². The Morgan fingerprint density at radius 1 is 0.644 bits per heavy atom. The SMILES string of the molecule is C=CCCCCCCCCCOc1ccc(COC(=O)c2cc(OC(=O)c3ccc(OCCC)cc3)ccc2OCCC)cc1. The van der Waals surface area contributed by atoms with E-state index in [1.165, 1.54) is 44.6 Å². The smallest absolute Gasteiger partial charge is 0.343 e. The first-order chi connectivity index (χ1) is 22.0. The predicted molar refractivity (Wildman–Crippen MR) is 178 cm³/mol. The fourth-order valence-corrected chi connectivity index (χ4v) is 4.52. The van der Waals surface area contributed by atoms with Gasteiger partial charge in [0.25, 0.3) is 0 Å². The summed E-state index contributed by atoms with van der Waals surface area (Å²) in [5, 5.41) is 0. The quantitative estimate of drug-likeness (QED) is 0.0481. The second-order valence-electron chi connectivity index (χ2n) is 10.9. The minimum Gasteiger partial charge on any atom is -0.494 e. The van der Waals surface area contributed by atoms with Gasteiger partial charge in [-0.05, 0) is 92.3 Å². The molecule has 0 fully saturated rings. The Labute approximate surface area is 268 Å². The summed E-state index contributed by atoms with van der Waals surface area (Å²) >= 11 is 0. The third-order valence-electron chi connectivity index (χ3n) is 7.02. The van der Waals surface area contributed by atoms with Crippen LogP contribution in [0.5, 0.6) is 23.0 Å². The minimum absolute atomic E-state index is 0.0790. The highest BCUT2D eigenvalue weighted by molar-refractivity contribution is 5.94. The molecule has 0 saturated carbocycles. The lowest BCUT2D eigenvalue weighted by molar-refractivity contribution is 0.0466. The normalized spacial score (nSPS) is 10.6. The molecule has 0 amide bonds. The summed E-state index contributed by atoms with van der Waals surface area (Å²) < 4.78 is 28.4. The molecule has 0 spiro atoms. The van der Waals surface area contributed by atoms with Crippen LogP contribution in [0.2, 0.25) is 0 Å². The van der Waals surface area contributed by atoms with Crippen LogP contribution in [0, 0.1) is 0 Å². The van der Waals surface area contributed by atoms with Crippen LogP contribution in [-0.4, -0.2) is 31.8 Å². The molecule has 0 aliphatic rings. The summed E-state index contributed by atoms with van der Waals surface area (Å²) in [7, 11) is 0. The molecule has 0 aliphatic heterocycles. The number of benzene rings is 3. The van der Waals surface area contributed by atoms with Crippen molar-refractivity contribution < 1.29 is 33.3 Å². The average Bonchev–Trinajstić information content (AvgIpc) is 3.07. The maximum atomic E-state index is 13.1. The number of ether oxygens (including phenoxy) is 5. The first-order valence-electron chi connectivity index (χ1n) is 16.3. The van der Waals surface area contributed by atoms with Gasteiger partial charge in [-0.25, -0.2) is 9.59 Å². The zero-order valence-electron chi connectivity index (χ0n) is 26.9. The Kier molecular flexibility index (Phi) is 16.2. The van der Waals surface area contributed by atoms with E-state index >= 15 is 0 Å². The van der Waals surface area contributed by atoms with Crippen LogP contribution < -0.4 is 18.9 Å². The van der Waals surface area contributed by atoms with Crippen molar-refractivity contribution in [3.05, 3.63) is 96.1 Å². The van der Waals surface area contributed by atoms with Crippen molar-refractivity contribution >= 4 is 11.9 Å². The van der Waals surface area contributed by atoms with E-state index < -0.39 is 11.9 Å². The number of rotatable bonds is 22. The van der Waals surface area contributed by atoms with Crippen molar-refractivity contribution in [2.24, 2.45) is 0 Å². The zero-order valence-corrected chi connectivity index (χ0v) is 26.9. The highest BCUT2D eigenvalue weighted by Crippen LogP contribution is 2.27. The molecule has 3 aromatic rings. The average molecular weight is 617 g/mol. The number of allylic oxidation sites excluding steroid dienone is 1. The second kappa shape index (κ2) is 20.7. The summed E-state index contributed by atoms with van der Waals surface area (Å²) in [6.45, 7) is 9.58. The Hall–Kier alpha value is -4.26. The summed E-state index contributed by atoms with van der Waals surface area (Å²) in [6.07, 6.45) is 13.3. The molecule has 7 heteroatoms. The fraction of sp³-hybridized carbons (Fsp3) is 0.421. The second-order valence-corrected chi connectivity index (χ2v) is 10.9. The molecule has 7 nitrogen and oxygen atoms in total. The van der Waals surface area contributed by atoms with Gasteiger partial charge in [-0.15, -0.1) is 6.58 Å². The van der Waals surface area contributed by atoms with Crippen molar-refractivity contribution in [1.29, 1.82) is 0 Å². The highest BCUT2D eigenvalue weighted by atomic mass is 16.5. The summed E-state index contributed by atoms with van der Waals surface area (Å²) in [5.41, 5.74) is 1.39. The minimum atomic E-state index is -0.572. The van der Waals surface area contributed by atoms with Crippen LogP contribution in [0.4, 0.5) is 0 Å².